The van der Waals surface area contributed by atoms with Crippen molar-refractivity contribution >= 4 is 0 Å². The molecule has 0 aliphatic heterocycles. The molecule has 0 aliphatic carbocycles. The van der Waals surface area contributed by atoms with E-state index in [2.05, 4.69) is 48.7 Å². The van der Waals surface area contributed by atoms with E-state index in [0.29, 0.717) is 13.2 Å². The minimum atomic E-state index is 0.631. The van der Waals surface area contributed by atoms with Crippen LogP contribution in [0.1, 0.15) is 116 Å². The molecule has 1 aromatic heterocycles. The van der Waals surface area contributed by atoms with Crippen LogP contribution >= 0.6 is 0 Å². The molecule has 0 N–H and O–H groups in total. The van der Waals surface area contributed by atoms with Crippen LogP contribution in [0.2, 0.25) is 0 Å². The number of hydrogen-bond acceptors (Lipinski definition) is 2. The topological polar surface area (TPSA) is 22.3 Å². The van der Waals surface area contributed by atoms with Crippen molar-refractivity contribution < 1.29 is 14.0 Å². The number of aryl methyl sites for hydroxylation is 1. The molecule has 3 nitrogen and oxygen atoms in total. The maximum absolute atomic E-state index is 5.76. The Balaban J connectivity index is 1.72. The largest absolute Gasteiger partial charge is 0.377 e. The molecule has 0 unspecified atom stereocenters. The molecular weight excluding hydrogens is 406 g/mol. The van der Waals surface area contributed by atoms with Crippen molar-refractivity contribution in [2.75, 3.05) is 26.4 Å². The molecule has 0 aromatic carbocycles. The molecule has 0 fully saturated rings. The minimum Gasteiger partial charge on any atom is -0.377 e. The Morgan fingerprint density at radius 2 is 1.00 bits per heavy atom. The summed E-state index contributed by atoms with van der Waals surface area (Å²) >= 11 is 0. The van der Waals surface area contributed by atoms with E-state index in [1.807, 2.05) is 0 Å². The molecule has 0 aliphatic rings. The van der Waals surface area contributed by atoms with Crippen LogP contribution < -0.4 is 4.57 Å². The first-order valence-corrected chi connectivity index (χ1v) is 14.1. The highest BCUT2D eigenvalue weighted by atomic mass is 16.5. The molecule has 1 aromatic rings. The zero-order valence-corrected chi connectivity index (χ0v) is 21.9. The van der Waals surface area contributed by atoms with Gasteiger partial charge >= 0.3 is 0 Å². The van der Waals surface area contributed by atoms with Gasteiger partial charge in [0, 0.05) is 31.8 Å². The molecule has 1 heterocycles. The normalized spacial score (nSPS) is 11.2. The first kappa shape index (κ1) is 29.8. The molecule has 0 saturated carbocycles. The van der Waals surface area contributed by atoms with Gasteiger partial charge in [0.2, 0.25) is 0 Å². The summed E-state index contributed by atoms with van der Waals surface area (Å²) in [5.74, 6) is 0. The van der Waals surface area contributed by atoms with Gasteiger partial charge < -0.3 is 9.47 Å². The number of aromatic nitrogens is 1. The molecule has 1 rings (SSSR count). The van der Waals surface area contributed by atoms with Crippen LogP contribution in [0, 0.1) is 0 Å². The van der Waals surface area contributed by atoms with Gasteiger partial charge in [-0.05, 0) is 24.8 Å². The van der Waals surface area contributed by atoms with Crippen LogP contribution in [0.4, 0.5) is 0 Å². The Bertz CT molecular complexity index is 531. The van der Waals surface area contributed by atoms with Gasteiger partial charge in [0.05, 0.1) is 13.2 Å². The minimum absolute atomic E-state index is 0.631. The van der Waals surface area contributed by atoms with E-state index in [-0.39, 0.29) is 0 Å². The van der Waals surface area contributed by atoms with E-state index in [0.717, 1.165) is 31.8 Å². The summed E-state index contributed by atoms with van der Waals surface area (Å²) in [5.41, 5.74) is 1.06. The summed E-state index contributed by atoms with van der Waals surface area (Å²) < 4.78 is 13.7. The van der Waals surface area contributed by atoms with E-state index >= 15 is 0 Å². The number of rotatable bonds is 25. The highest BCUT2D eigenvalue weighted by Gasteiger charge is 2.00. The second-order valence-electron chi connectivity index (χ2n) is 9.63. The van der Waals surface area contributed by atoms with Gasteiger partial charge in [0.15, 0.2) is 12.4 Å². The Labute approximate surface area is 206 Å². The first-order chi connectivity index (χ1) is 16.3. The van der Waals surface area contributed by atoms with Gasteiger partial charge in [0.25, 0.3) is 0 Å². The fourth-order valence-corrected chi connectivity index (χ4v) is 4.13. The summed E-state index contributed by atoms with van der Waals surface area (Å²) in [6, 6.07) is 6.22. The third kappa shape index (κ3) is 21.1. The second kappa shape index (κ2) is 24.0. The Morgan fingerprint density at radius 3 is 1.48 bits per heavy atom. The standard InChI is InChI=1S/C30H54NO2/c1-3-4-5-6-7-8-9-10-11-12-13-14-15-21-26-32-28-30(2)29-33-27-22-17-20-25-31-23-18-16-19-24-31/h16,18-19,23-24H,2-15,17,20-22,25-29H2,1H3/q+1. The first-order valence-electron chi connectivity index (χ1n) is 14.1. The molecule has 190 valence electrons. The van der Waals surface area contributed by atoms with Gasteiger partial charge in [-0.2, -0.15) is 0 Å². The quantitative estimate of drug-likeness (QED) is 0.0833. The summed E-state index contributed by atoms with van der Waals surface area (Å²) in [6.45, 7) is 10.4. The molecule has 0 spiro atoms. The number of nitrogens with zero attached hydrogens (tertiary/aromatic N) is 1. The second-order valence-corrected chi connectivity index (χ2v) is 9.63. The van der Waals surface area contributed by atoms with Crippen molar-refractivity contribution in [3.63, 3.8) is 0 Å². The highest BCUT2D eigenvalue weighted by Crippen LogP contribution is 2.13. The summed E-state index contributed by atoms with van der Waals surface area (Å²) in [5, 5.41) is 0. The van der Waals surface area contributed by atoms with Crippen LogP contribution in [0.15, 0.2) is 42.7 Å². The van der Waals surface area contributed by atoms with E-state index in [4.69, 9.17) is 9.47 Å². The van der Waals surface area contributed by atoms with Crippen molar-refractivity contribution in [1.29, 1.82) is 0 Å². The summed E-state index contributed by atoms with van der Waals surface area (Å²) in [6.07, 6.45) is 27.3. The van der Waals surface area contributed by atoms with Gasteiger partial charge in [-0.15, -0.1) is 0 Å². The van der Waals surface area contributed by atoms with E-state index in [9.17, 15) is 0 Å². The van der Waals surface area contributed by atoms with Crippen molar-refractivity contribution in [3.8, 4) is 0 Å². The molecule has 0 bridgehead atoms. The van der Waals surface area contributed by atoms with Crippen LogP contribution in [-0.4, -0.2) is 26.4 Å². The van der Waals surface area contributed by atoms with Crippen molar-refractivity contribution in [2.45, 2.75) is 123 Å². The highest BCUT2D eigenvalue weighted by molar-refractivity contribution is 4.94. The predicted molar refractivity (Wildman–Crippen MR) is 142 cm³/mol. The lowest BCUT2D eigenvalue weighted by atomic mass is 10.0. The molecule has 0 saturated heterocycles. The van der Waals surface area contributed by atoms with Crippen LogP contribution in [0.25, 0.3) is 0 Å². The van der Waals surface area contributed by atoms with Crippen LogP contribution in [0.5, 0.6) is 0 Å². The van der Waals surface area contributed by atoms with Crippen LogP contribution in [0.3, 0.4) is 0 Å². The van der Waals surface area contributed by atoms with Gasteiger partial charge in [-0.1, -0.05) is 103 Å². The monoisotopic (exact) mass is 460 g/mol. The zero-order valence-electron chi connectivity index (χ0n) is 21.9. The average Bonchev–Trinajstić information content (AvgIpc) is 2.84. The molecule has 0 radical (unpaired) electrons. The fourth-order valence-electron chi connectivity index (χ4n) is 4.13. The Hall–Kier alpha value is -1.19. The Kier molecular flexibility index (Phi) is 21.7. The molecule has 0 amide bonds. The SMILES string of the molecule is C=C(COCCCCCCCCCCCCCCCC)COCCCCC[n+]1ccccc1. The van der Waals surface area contributed by atoms with E-state index < -0.39 is 0 Å². The molecule has 0 atom stereocenters. The smallest absolute Gasteiger partial charge is 0.168 e. The van der Waals surface area contributed by atoms with Crippen molar-refractivity contribution in [1.82, 2.24) is 0 Å². The maximum atomic E-state index is 5.76. The van der Waals surface area contributed by atoms with E-state index in [1.54, 1.807) is 0 Å². The lowest BCUT2D eigenvalue weighted by molar-refractivity contribution is -0.697. The lowest BCUT2D eigenvalue weighted by Crippen LogP contribution is -2.32. The van der Waals surface area contributed by atoms with E-state index in [1.165, 1.54) is 103 Å². The number of unbranched alkanes of at least 4 members (excludes halogenated alkanes) is 15. The van der Waals surface area contributed by atoms with Crippen molar-refractivity contribution in [2.24, 2.45) is 0 Å². The number of pyridine rings is 1. The lowest BCUT2D eigenvalue weighted by Gasteiger charge is -2.08. The summed E-state index contributed by atoms with van der Waals surface area (Å²) in [4.78, 5) is 0. The summed E-state index contributed by atoms with van der Waals surface area (Å²) in [7, 11) is 0. The molecule has 33 heavy (non-hydrogen) atoms. The molecular formula is C30H54NO2+. The third-order valence-electron chi connectivity index (χ3n) is 6.24. The number of hydrogen-bond donors (Lipinski definition) is 0. The Morgan fingerprint density at radius 1 is 0.576 bits per heavy atom. The third-order valence-corrected chi connectivity index (χ3v) is 6.24. The fraction of sp³-hybridized carbons (Fsp3) is 0.767. The van der Waals surface area contributed by atoms with Crippen LogP contribution in [-0.2, 0) is 16.0 Å². The van der Waals surface area contributed by atoms with Gasteiger partial charge in [-0.3, -0.25) is 0 Å². The van der Waals surface area contributed by atoms with Crippen molar-refractivity contribution in [3.05, 3.63) is 42.7 Å². The average molecular weight is 461 g/mol. The van der Waals surface area contributed by atoms with Gasteiger partial charge in [-0.25, -0.2) is 4.57 Å². The molecule has 3 heteroatoms. The van der Waals surface area contributed by atoms with Gasteiger partial charge in [0.1, 0.15) is 6.54 Å². The number of ether oxygens (including phenoxy) is 2. The zero-order chi connectivity index (χ0) is 23.7. The predicted octanol–water partition coefficient (Wildman–Crippen LogP) is 8.22. The maximum Gasteiger partial charge on any atom is 0.168 e.